The minimum Gasteiger partial charge on any atom is -0.387 e. The molecule has 0 radical (unpaired) electrons. The molecule has 0 saturated heterocycles. The second kappa shape index (κ2) is 8.23. The first-order valence-corrected chi connectivity index (χ1v) is 9.76. The zero-order valence-corrected chi connectivity index (χ0v) is 16.2. The van der Waals surface area contributed by atoms with Crippen LogP contribution in [-0.4, -0.2) is 28.4 Å². The molecule has 0 aliphatic heterocycles. The van der Waals surface area contributed by atoms with E-state index in [0.717, 1.165) is 53.5 Å². The highest BCUT2D eigenvalue weighted by atomic mass is 16.7. The minimum atomic E-state index is -0.726. The van der Waals surface area contributed by atoms with Crippen molar-refractivity contribution < 1.29 is 14.7 Å². The molecule has 0 spiro atoms. The van der Waals surface area contributed by atoms with E-state index in [0.29, 0.717) is 11.4 Å². The number of aromatic nitrogens is 1. The number of likely N-dealkylation sites (N-methyl/N-ethyl adjacent to an activating group) is 1. The van der Waals surface area contributed by atoms with Crippen molar-refractivity contribution in [3.63, 3.8) is 0 Å². The third-order valence-corrected chi connectivity index (χ3v) is 5.45. The second-order valence-electron chi connectivity index (χ2n) is 7.20. The Hall–Kier alpha value is -2.18. The molecule has 1 heterocycles. The molecule has 1 saturated carbocycles. The van der Waals surface area contributed by atoms with Gasteiger partial charge in [-0.1, -0.05) is 32.4 Å². The van der Waals surface area contributed by atoms with Gasteiger partial charge >= 0.3 is 5.97 Å². The van der Waals surface area contributed by atoms with Gasteiger partial charge in [-0.05, 0) is 48.9 Å². The molecule has 2 unspecified atom stereocenters. The third-order valence-electron chi connectivity index (χ3n) is 5.45. The molecule has 1 fully saturated rings. The van der Waals surface area contributed by atoms with Gasteiger partial charge in [0.15, 0.2) is 0 Å². The van der Waals surface area contributed by atoms with E-state index in [1.54, 1.807) is 6.07 Å². The summed E-state index contributed by atoms with van der Waals surface area (Å²) in [5.74, 6) is -0.202. The van der Waals surface area contributed by atoms with Crippen molar-refractivity contribution in [1.82, 2.24) is 10.0 Å². The Kier molecular flexibility index (Phi) is 5.97. The van der Waals surface area contributed by atoms with Gasteiger partial charge in [0.1, 0.15) is 0 Å². The lowest BCUT2D eigenvalue weighted by Gasteiger charge is -2.29. The lowest BCUT2D eigenvalue weighted by atomic mass is 9.78. The predicted octanol–water partition coefficient (Wildman–Crippen LogP) is 2.67. The molecule has 6 heteroatoms. The molecule has 2 aromatic rings. The number of aliphatic hydroxyl groups excluding tert-OH is 1. The van der Waals surface area contributed by atoms with Crippen LogP contribution < -0.4 is 15.7 Å². The second-order valence-corrected chi connectivity index (χ2v) is 7.20. The third kappa shape index (κ3) is 3.77. The molecule has 2 atom stereocenters. The van der Waals surface area contributed by atoms with Crippen LogP contribution in [0.15, 0.2) is 29.1 Å². The monoisotopic (exact) mass is 372 g/mol. The van der Waals surface area contributed by atoms with Gasteiger partial charge in [0, 0.05) is 24.4 Å². The van der Waals surface area contributed by atoms with Crippen molar-refractivity contribution in [2.75, 3.05) is 6.54 Å². The van der Waals surface area contributed by atoms with Gasteiger partial charge in [0.25, 0.3) is 5.56 Å². The lowest BCUT2D eigenvalue weighted by molar-refractivity contribution is -0.141. The molecule has 2 N–H and O–H groups in total. The average molecular weight is 372 g/mol. The summed E-state index contributed by atoms with van der Waals surface area (Å²) < 4.78 is 1.09. The molecular weight excluding hydrogens is 344 g/mol. The fraction of sp³-hybridized carbons (Fsp3) is 0.524. The predicted molar refractivity (Wildman–Crippen MR) is 105 cm³/mol. The minimum absolute atomic E-state index is 0.0955. The van der Waals surface area contributed by atoms with Gasteiger partial charge in [0.2, 0.25) is 0 Å². The maximum atomic E-state index is 12.4. The molecule has 0 bridgehead atoms. The smallest absolute Gasteiger partial charge is 0.330 e. The van der Waals surface area contributed by atoms with Crippen molar-refractivity contribution in [3.05, 3.63) is 45.7 Å². The molecule has 146 valence electrons. The van der Waals surface area contributed by atoms with E-state index in [1.807, 2.05) is 26.0 Å². The summed E-state index contributed by atoms with van der Waals surface area (Å²) in [6.45, 7) is 6.07. The first-order chi connectivity index (χ1) is 13.0. The van der Waals surface area contributed by atoms with Gasteiger partial charge in [-0.3, -0.25) is 4.79 Å². The largest absolute Gasteiger partial charge is 0.387 e. The number of carbonyl (C=O) groups excluding carboxylic acids is 1. The Morgan fingerprint density at radius 1 is 1.30 bits per heavy atom. The standard InChI is InChI=1S/C21H28N2O4/c1-4-18(22-5-2)21(26)17-10-9-15(14-7-6-8-14)20-16(17)11-12-19(25)23(20)27-13(3)24/h9-12,14,18,21-22,26H,4-8H2,1-3H3. The zero-order valence-electron chi connectivity index (χ0n) is 16.2. The Balaban J connectivity index is 2.22. The number of nitrogens with zero attached hydrogens (tertiary/aromatic N) is 1. The molecule has 0 amide bonds. The van der Waals surface area contributed by atoms with Crippen molar-refractivity contribution in [3.8, 4) is 0 Å². The van der Waals surface area contributed by atoms with Crippen LogP contribution in [0.3, 0.4) is 0 Å². The van der Waals surface area contributed by atoms with Crippen molar-refractivity contribution >= 4 is 16.9 Å². The quantitative estimate of drug-likeness (QED) is 0.781. The Morgan fingerprint density at radius 2 is 2.04 bits per heavy atom. The van der Waals surface area contributed by atoms with Crippen LogP contribution in [0.25, 0.3) is 10.9 Å². The molecule has 1 aliphatic rings. The molecule has 27 heavy (non-hydrogen) atoms. The number of carbonyl (C=O) groups is 1. The Bertz CT molecular complexity index is 886. The fourth-order valence-electron chi connectivity index (χ4n) is 3.86. The SMILES string of the molecule is CCNC(CC)C(O)c1ccc(C2CCC2)c2c1ccc(=O)n2OC(C)=O. The highest BCUT2D eigenvalue weighted by Gasteiger charge is 2.27. The highest BCUT2D eigenvalue weighted by Crippen LogP contribution is 2.41. The number of nitrogens with one attached hydrogen (secondary N) is 1. The molecule has 3 rings (SSSR count). The lowest BCUT2D eigenvalue weighted by Crippen LogP contribution is -2.35. The van der Waals surface area contributed by atoms with Crippen LogP contribution in [0, 0.1) is 0 Å². The summed E-state index contributed by atoms with van der Waals surface area (Å²) >= 11 is 0. The maximum Gasteiger partial charge on any atom is 0.330 e. The molecule has 1 aromatic carbocycles. The summed E-state index contributed by atoms with van der Waals surface area (Å²) in [7, 11) is 0. The normalized spacial score (nSPS) is 16.7. The maximum absolute atomic E-state index is 12.4. The summed E-state index contributed by atoms with van der Waals surface area (Å²) in [6.07, 6.45) is 3.30. The van der Waals surface area contributed by atoms with E-state index >= 15 is 0 Å². The first-order valence-electron chi connectivity index (χ1n) is 9.76. The Labute approximate surface area is 159 Å². The van der Waals surface area contributed by atoms with Gasteiger partial charge in [-0.2, -0.15) is 0 Å². The average Bonchev–Trinajstić information content (AvgIpc) is 2.59. The highest BCUT2D eigenvalue weighted by molar-refractivity contribution is 5.87. The van der Waals surface area contributed by atoms with E-state index in [1.165, 1.54) is 13.0 Å². The number of hydrogen-bond acceptors (Lipinski definition) is 5. The van der Waals surface area contributed by atoms with E-state index in [-0.39, 0.29) is 11.6 Å². The summed E-state index contributed by atoms with van der Waals surface area (Å²) in [6, 6.07) is 6.95. The molecule has 1 aromatic heterocycles. The number of benzene rings is 1. The topological polar surface area (TPSA) is 80.6 Å². The van der Waals surface area contributed by atoms with Crippen molar-refractivity contribution in [2.45, 2.75) is 64.5 Å². The number of aliphatic hydroxyl groups is 1. The van der Waals surface area contributed by atoms with Crippen molar-refractivity contribution in [2.24, 2.45) is 0 Å². The Morgan fingerprint density at radius 3 is 2.59 bits per heavy atom. The van der Waals surface area contributed by atoms with Crippen LogP contribution in [0.1, 0.15) is 69.6 Å². The van der Waals surface area contributed by atoms with E-state index in [2.05, 4.69) is 5.32 Å². The van der Waals surface area contributed by atoms with E-state index in [9.17, 15) is 14.7 Å². The zero-order chi connectivity index (χ0) is 19.6. The van der Waals surface area contributed by atoms with Gasteiger partial charge in [-0.15, -0.1) is 4.73 Å². The summed E-state index contributed by atoms with van der Waals surface area (Å²) in [5.41, 5.74) is 1.96. The number of rotatable bonds is 7. The van der Waals surface area contributed by atoms with Crippen LogP contribution >= 0.6 is 0 Å². The van der Waals surface area contributed by atoms with Gasteiger partial charge in [0.05, 0.1) is 11.6 Å². The van der Waals surface area contributed by atoms with Gasteiger partial charge in [-0.25, -0.2) is 4.79 Å². The number of hydrogen-bond donors (Lipinski definition) is 2. The summed E-state index contributed by atoms with van der Waals surface area (Å²) in [4.78, 5) is 29.3. The van der Waals surface area contributed by atoms with Crippen LogP contribution in [0.2, 0.25) is 0 Å². The van der Waals surface area contributed by atoms with Crippen LogP contribution in [0.5, 0.6) is 0 Å². The first kappa shape index (κ1) is 19.6. The molecular formula is C21H28N2O4. The fourth-order valence-corrected chi connectivity index (χ4v) is 3.86. The van der Waals surface area contributed by atoms with Crippen LogP contribution in [0.4, 0.5) is 0 Å². The van der Waals surface area contributed by atoms with E-state index in [4.69, 9.17) is 4.84 Å². The number of fused-ring (bicyclic) bond motifs is 1. The van der Waals surface area contributed by atoms with E-state index < -0.39 is 12.1 Å². The number of pyridine rings is 1. The van der Waals surface area contributed by atoms with Gasteiger partial charge < -0.3 is 15.3 Å². The molecule has 1 aliphatic carbocycles. The van der Waals surface area contributed by atoms with Crippen LogP contribution in [-0.2, 0) is 4.79 Å². The summed E-state index contributed by atoms with van der Waals surface area (Å²) in [5, 5.41) is 15.1. The molecule has 6 nitrogen and oxygen atoms in total. The van der Waals surface area contributed by atoms with Crippen molar-refractivity contribution in [1.29, 1.82) is 0 Å².